The van der Waals surface area contributed by atoms with Gasteiger partial charge >= 0.3 is 0 Å². The molecule has 10 rings (SSSR count). The molecule has 8 aromatic rings. The highest BCUT2D eigenvalue weighted by molar-refractivity contribution is 6.09. The molecule has 0 amide bonds. The molecule has 0 fully saturated rings. The van der Waals surface area contributed by atoms with Gasteiger partial charge in [0.05, 0.1) is 17.1 Å². The van der Waals surface area contributed by atoms with Crippen LogP contribution in [0.2, 0.25) is 0 Å². The van der Waals surface area contributed by atoms with E-state index in [2.05, 4.69) is 204 Å². The van der Waals surface area contributed by atoms with Gasteiger partial charge in [-0.1, -0.05) is 140 Å². The highest BCUT2D eigenvalue weighted by Crippen LogP contribution is 2.50. The van der Waals surface area contributed by atoms with Crippen molar-refractivity contribution in [2.45, 2.75) is 12.0 Å². The highest BCUT2D eigenvalue weighted by Gasteiger charge is 2.37. The van der Waals surface area contributed by atoms with Crippen LogP contribution in [-0.4, -0.2) is 10.6 Å². The van der Waals surface area contributed by atoms with Crippen LogP contribution in [0, 0.1) is 0 Å². The van der Waals surface area contributed by atoms with Crippen LogP contribution in [0.25, 0.3) is 60.9 Å². The lowest BCUT2D eigenvalue weighted by Gasteiger charge is -2.29. The summed E-state index contributed by atoms with van der Waals surface area (Å²) in [6.45, 7) is 0. The molecule has 0 spiro atoms. The van der Waals surface area contributed by atoms with Gasteiger partial charge in [-0.2, -0.15) is 0 Å². The van der Waals surface area contributed by atoms with Crippen LogP contribution in [-0.2, 0) is 0 Å². The summed E-state index contributed by atoms with van der Waals surface area (Å²) >= 11 is 0. The summed E-state index contributed by atoms with van der Waals surface area (Å²) in [6, 6.07) is 62.3. The third-order valence-electron chi connectivity index (χ3n) is 10.5. The van der Waals surface area contributed by atoms with E-state index >= 15 is 0 Å². The van der Waals surface area contributed by atoms with E-state index in [9.17, 15) is 0 Å². The smallest absolute Gasteiger partial charge is 0.0629 e. The zero-order chi connectivity index (χ0) is 33.0. The first-order valence-electron chi connectivity index (χ1n) is 17.4. The Hall–Kier alpha value is -6.38. The van der Waals surface area contributed by atoms with E-state index in [1.54, 1.807) is 0 Å². The van der Waals surface area contributed by atoms with E-state index in [4.69, 9.17) is 0 Å². The summed E-state index contributed by atoms with van der Waals surface area (Å²) in [5.74, 6) is 0.271. The summed E-state index contributed by atoms with van der Waals surface area (Å²) in [6.07, 6.45) is 9.14. The number of para-hydroxylation sites is 2. The number of nitrogens with zero attached hydrogens (tertiary/aromatic N) is 2. The zero-order valence-electron chi connectivity index (χ0n) is 27.5. The molecule has 2 nitrogen and oxygen atoms in total. The van der Waals surface area contributed by atoms with Crippen molar-refractivity contribution < 1.29 is 0 Å². The fourth-order valence-corrected chi connectivity index (χ4v) is 8.17. The number of fused-ring (bicyclic) bond motifs is 6. The third-order valence-corrected chi connectivity index (χ3v) is 10.5. The van der Waals surface area contributed by atoms with E-state index in [0.717, 1.165) is 0 Å². The van der Waals surface area contributed by atoms with Crippen molar-refractivity contribution in [3.63, 3.8) is 0 Å². The molecule has 0 saturated carbocycles. The summed E-state index contributed by atoms with van der Waals surface area (Å²) in [5.41, 5.74) is 14.8. The molecule has 236 valence electrons. The van der Waals surface area contributed by atoms with Crippen LogP contribution in [0.4, 0.5) is 11.4 Å². The minimum Gasteiger partial charge on any atom is -0.333 e. The molecule has 50 heavy (non-hydrogen) atoms. The second-order valence-electron chi connectivity index (χ2n) is 13.3. The van der Waals surface area contributed by atoms with Gasteiger partial charge in [-0.15, -0.1) is 0 Å². The lowest BCUT2D eigenvalue weighted by Crippen LogP contribution is -2.28. The van der Waals surface area contributed by atoms with E-state index in [1.165, 1.54) is 77.8 Å². The zero-order valence-corrected chi connectivity index (χ0v) is 27.5. The van der Waals surface area contributed by atoms with Gasteiger partial charge in [0.1, 0.15) is 0 Å². The standard InChI is InChI=1S/C48H34N2/c1-3-13-33(14-4-1)37-29-38(34-15-5-2-6-16-34)31-40(30-37)50-47-22-12-9-19-43(47)44-32-36(25-28-48(44)50)35-23-26-39(27-24-35)49-45-20-10-7-17-41(45)42-18-8-11-21-46(42)49/h1-32,43,47H. The molecule has 7 aromatic carbocycles. The maximum atomic E-state index is 2.55. The van der Waals surface area contributed by atoms with Gasteiger partial charge < -0.3 is 9.47 Å². The van der Waals surface area contributed by atoms with Crippen LogP contribution < -0.4 is 4.90 Å². The Labute approximate surface area is 292 Å². The first kappa shape index (κ1) is 28.6. The SMILES string of the molecule is C1=CC2c3cc(-c4ccc(-n5c6ccccc6c6ccccc65)cc4)ccc3N(c3cc(-c4ccccc4)cc(-c4ccccc4)c3)C2C=C1. The molecule has 2 heterocycles. The number of rotatable bonds is 5. The topological polar surface area (TPSA) is 8.17 Å². The van der Waals surface area contributed by atoms with Gasteiger partial charge in [0.15, 0.2) is 0 Å². The van der Waals surface area contributed by atoms with Crippen molar-refractivity contribution >= 4 is 33.2 Å². The lowest BCUT2D eigenvalue weighted by atomic mass is 9.89. The average molecular weight is 639 g/mol. The predicted molar refractivity (Wildman–Crippen MR) is 210 cm³/mol. The molecule has 2 heteroatoms. The molecule has 0 N–H and O–H groups in total. The highest BCUT2D eigenvalue weighted by atomic mass is 15.2. The van der Waals surface area contributed by atoms with Gasteiger partial charge in [-0.05, 0) is 93.5 Å². The second kappa shape index (κ2) is 11.6. The largest absolute Gasteiger partial charge is 0.333 e. The molecule has 1 aromatic heterocycles. The molecule has 2 atom stereocenters. The van der Waals surface area contributed by atoms with Gasteiger partial charge in [-0.3, -0.25) is 0 Å². The van der Waals surface area contributed by atoms with Crippen molar-refractivity contribution in [2.24, 2.45) is 0 Å². The van der Waals surface area contributed by atoms with Crippen LogP contribution in [0.5, 0.6) is 0 Å². The van der Waals surface area contributed by atoms with Crippen LogP contribution in [0.1, 0.15) is 11.5 Å². The third kappa shape index (κ3) is 4.64. The van der Waals surface area contributed by atoms with Crippen LogP contribution >= 0.6 is 0 Å². The molecule has 0 bridgehead atoms. The summed E-state index contributed by atoms with van der Waals surface area (Å²) in [4.78, 5) is 2.55. The van der Waals surface area contributed by atoms with Crippen LogP contribution in [0.3, 0.4) is 0 Å². The van der Waals surface area contributed by atoms with E-state index in [-0.39, 0.29) is 12.0 Å². The van der Waals surface area contributed by atoms with Crippen molar-refractivity contribution in [2.75, 3.05) is 4.90 Å². The van der Waals surface area contributed by atoms with E-state index in [1.807, 2.05) is 0 Å². The fourth-order valence-electron chi connectivity index (χ4n) is 8.17. The first-order valence-corrected chi connectivity index (χ1v) is 17.4. The van der Waals surface area contributed by atoms with E-state index < -0.39 is 0 Å². The minimum atomic E-state index is 0.206. The monoisotopic (exact) mass is 638 g/mol. The molecular formula is C48H34N2. The summed E-state index contributed by atoms with van der Waals surface area (Å²) in [7, 11) is 0. The first-order chi connectivity index (χ1) is 24.8. The van der Waals surface area contributed by atoms with Crippen molar-refractivity contribution in [3.05, 3.63) is 200 Å². The Bertz CT molecular complexity index is 2480. The molecule has 0 radical (unpaired) electrons. The number of anilines is 2. The molecule has 1 aliphatic heterocycles. The summed E-state index contributed by atoms with van der Waals surface area (Å²) in [5, 5.41) is 2.56. The quantitative estimate of drug-likeness (QED) is 0.182. The van der Waals surface area contributed by atoms with Crippen LogP contribution in [0.15, 0.2) is 194 Å². The van der Waals surface area contributed by atoms with Gasteiger partial charge in [0.25, 0.3) is 0 Å². The number of hydrogen-bond acceptors (Lipinski definition) is 1. The van der Waals surface area contributed by atoms with Crippen molar-refractivity contribution in [1.82, 2.24) is 4.57 Å². The Morgan fingerprint density at radius 1 is 0.380 bits per heavy atom. The maximum absolute atomic E-state index is 2.55. The molecular weight excluding hydrogens is 605 g/mol. The number of aromatic nitrogens is 1. The predicted octanol–water partition coefficient (Wildman–Crippen LogP) is 12.5. The molecule has 0 saturated heterocycles. The molecule has 2 unspecified atom stereocenters. The summed E-state index contributed by atoms with van der Waals surface area (Å²) < 4.78 is 2.38. The Balaban J connectivity index is 1.06. The number of hydrogen-bond donors (Lipinski definition) is 0. The van der Waals surface area contributed by atoms with E-state index in [0.29, 0.717) is 0 Å². The normalized spacial score (nSPS) is 16.2. The number of benzene rings is 7. The second-order valence-corrected chi connectivity index (χ2v) is 13.3. The lowest BCUT2D eigenvalue weighted by molar-refractivity contribution is 0.745. The Morgan fingerprint density at radius 2 is 0.920 bits per heavy atom. The van der Waals surface area contributed by atoms with Gasteiger partial charge in [0, 0.05) is 33.8 Å². The minimum absolute atomic E-state index is 0.206. The van der Waals surface area contributed by atoms with Gasteiger partial charge in [-0.25, -0.2) is 0 Å². The Kier molecular flexibility index (Phi) is 6.67. The fraction of sp³-hybridized carbons (Fsp3) is 0.0417. The van der Waals surface area contributed by atoms with Crippen molar-refractivity contribution in [3.8, 4) is 39.1 Å². The Morgan fingerprint density at radius 3 is 1.56 bits per heavy atom. The van der Waals surface area contributed by atoms with Crippen molar-refractivity contribution in [1.29, 1.82) is 0 Å². The average Bonchev–Trinajstić information content (AvgIpc) is 3.71. The molecule has 2 aliphatic rings. The van der Waals surface area contributed by atoms with Gasteiger partial charge in [0.2, 0.25) is 0 Å². The maximum Gasteiger partial charge on any atom is 0.0629 e. The number of allylic oxidation sites excluding steroid dienone is 2. The molecule has 1 aliphatic carbocycles.